The van der Waals surface area contributed by atoms with Crippen molar-refractivity contribution < 1.29 is 9.53 Å². The van der Waals surface area contributed by atoms with Crippen LogP contribution in [0.5, 0.6) is 0 Å². The van der Waals surface area contributed by atoms with E-state index in [2.05, 4.69) is 16.9 Å². The summed E-state index contributed by atoms with van der Waals surface area (Å²) in [5, 5.41) is 0. The Bertz CT molecular complexity index is 259. The first-order valence-electron chi connectivity index (χ1n) is 4.71. The van der Waals surface area contributed by atoms with Crippen LogP contribution in [0.2, 0.25) is 0 Å². The predicted molar refractivity (Wildman–Crippen MR) is 54.6 cm³/mol. The first-order valence-corrected chi connectivity index (χ1v) is 4.71. The molecule has 78 valence electrons. The van der Waals surface area contributed by atoms with Crippen molar-refractivity contribution in [1.82, 2.24) is 0 Å². The molecule has 1 rings (SSSR count). The van der Waals surface area contributed by atoms with E-state index in [9.17, 15) is 4.79 Å². The summed E-state index contributed by atoms with van der Waals surface area (Å²) < 4.78 is 4.61. The van der Waals surface area contributed by atoms with Crippen LogP contribution in [0.1, 0.15) is 19.3 Å². The van der Waals surface area contributed by atoms with E-state index in [0.717, 1.165) is 19.3 Å². The normalized spacial score (nSPS) is 17.4. The van der Waals surface area contributed by atoms with Crippen LogP contribution in [-0.4, -0.2) is 18.7 Å². The predicted octanol–water partition coefficient (Wildman–Crippen LogP) is 1.08. The third-order valence-corrected chi connectivity index (χ3v) is 2.06. The van der Waals surface area contributed by atoms with Gasteiger partial charge in [0.05, 0.1) is 0 Å². The van der Waals surface area contributed by atoms with Gasteiger partial charge in [0, 0.05) is 6.04 Å². The molecule has 14 heavy (non-hydrogen) atoms. The van der Waals surface area contributed by atoms with Crippen LogP contribution in [0.15, 0.2) is 23.8 Å². The Balaban J connectivity index is 2.25. The van der Waals surface area contributed by atoms with E-state index in [1.807, 2.05) is 6.08 Å². The Kier molecular flexibility index (Phi) is 4.19. The molecule has 0 aromatic carbocycles. The molecule has 0 aromatic rings. The highest BCUT2D eigenvalue weighted by molar-refractivity contribution is 5.64. The quantitative estimate of drug-likeness (QED) is 0.706. The maximum Gasteiger partial charge on any atom is 0.404 e. The number of carbonyl (C=O) groups is 1. The number of amides is 1. The number of primary amides is 1. The lowest BCUT2D eigenvalue weighted by molar-refractivity contribution is 0.149. The molecule has 1 aliphatic rings. The molecule has 4 nitrogen and oxygen atoms in total. The highest BCUT2D eigenvalue weighted by Crippen LogP contribution is 2.16. The van der Waals surface area contributed by atoms with Crippen LogP contribution in [0, 0.1) is 0 Å². The summed E-state index contributed by atoms with van der Waals surface area (Å²) in [4.78, 5) is 10.3. The lowest BCUT2D eigenvalue weighted by Crippen LogP contribution is -2.29. The lowest BCUT2D eigenvalue weighted by Gasteiger charge is -2.14. The number of carbonyl (C=O) groups excluding carboxylic acids is 1. The molecule has 0 aromatic heterocycles. The summed E-state index contributed by atoms with van der Waals surface area (Å²) in [6.07, 6.45) is 8.31. The summed E-state index contributed by atoms with van der Waals surface area (Å²) in [5.41, 5.74) is 11.9. The maximum atomic E-state index is 10.3. The summed E-state index contributed by atoms with van der Waals surface area (Å²) in [5.74, 6) is 0. The Hall–Kier alpha value is -1.29. The SMILES string of the molecule is NC(=O)OC[C@@H](N)CC1=CC=CCC1. The van der Waals surface area contributed by atoms with Gasteiger partial charge in [0.2, 0.25) is 0 Å². The van der Waals surface area contributed by atoms with Gasteiger partial charge < -0.3 is 16.2 Å². The van der Waals surface area contributed by atoms with Gasteiger partial charge in [0.25, 0.3) is 0 Å². The molecule has 4 N–H and O–H groups in total. The fourth-order valence-corrected chi connectivity index (χ4v) is 1.41. The van der Waals surface area contributed by atoms with E-state index < -0.39 is 6.09 Å². The van der Waals surface area contributed by atoms with Crippen LogP contribution in [-0.2, 0) is 4.74 Å². The van der Waals surface area contributed by atoms with E-state index in [1.165, 1.54) is 5.57 Å². The summed E-state index contributed by atoms with van der Waals surface area (Å²) in [7, 11) is 0. The van der Waals surface area contributed by atoms with Crippen LogP contribution in [0.25, 0.3) is 0 Å². The third kappa shape index (κ3) is 4.09. The molecule has 0 unspecified atom stereocenters. The summed E-state index contributed by atoms with van der Waals surface area (Å²) >= 11 is 0. The van der Waals surface area contributed by atoms with Crippen LogP contribution in [0.4, 0.5) is 4.79 Å². The summed E-state index contributed by atoms with van der Waals surface area (Å²) in [6, 6.07) is -0.153. The molecule has 0 heterocycles. The average Bonchev–Trinajstić information content (AvgIpc) is 2.16. The van der Waals surface area contributed by atoms with Crippen molar-refractivity contribution in [1.29, 1.82) is 0 Å². The minimum atomic E-state index is -0.766. The third-order valence-electron chi connectivity index (χ3n) is 2.06. The Morgan fingerprint density at radius 2 is 2.43 bits per heavy atom. The van der Waals surface area contributed by atoms with Gasteiger partial charge in [-0.1, -0.05) is 23.8 Å². The van der Waals surface area contributed by atoms with Crippen molar-refractivity contribution >= 4 is 6.09 Å². The van der Waals surface area contributed by atoms with E-state index in [-0.39, 0.29) is 12.6 Å². The van der Waals surface area contributed by atoms with Crippen LogP contribution in [0.3, 0.4) is 0 Å². The molecule has 4 heteroatoms. The van der Waals surface area contributed by atoms with Gasteiger partial charge in [-0.25, -0.2) is 4.79 Å². The van der Waals surface area contributed by atoms with Crippen LogP contribution < -0.4 is 11.5 Å². The molecule has 0 aliphatic heterocycles. The average molecular weight is 196 g/mol. The fraction of sp³-hybridized carbons (Fsp3) is 0.500. The number of hydrogen-bond acceptors (Lipinski definition) is 3. The molecule has 0 radical (unpaired) electrons. The highest BCUT2D eigenvalue weighted by Gasteiger charge is 2.08. The summed E-state index contributed by atoms with van der Waals surface area (Å²) in [6.45, 7) is 0.191. The van der Waals surface area contributed by atoms with E-state index in [1.54, 1.807) is 0 Å². The molecular weight excluding hydrogens is 180 g/mol. The van der Waals surface area contributed by atoms with Gasteiger partial charge in [0.1, 0.15) is 6.61 Å². The molecule has 0 fully saturated rings. The fourth-order valence-electron chi connectivity index (χ4n) is 1.41. The lowest BCUT2D eigenvalue weighted by atomic mass is 9.99. The van der Waals surface area contributed by atoms with Gasteiger partial charge in [-0.15, -0.1) is 0 Å². The number of ether oxygens (including phenoxy) is 1. The first-order chi connectivity index (χ1) is 6.68. The molecule has 1 aliphatic carbocycles. The monoisotopic (exact) mass is 196 g/mol. The number of rotatable bonds is 4. The molecule has 0 saturated heterocycles. The molecule has 1 amide bonds. The second kappa shape index (κ2) is 5.44. The molecular formula is C10H16N2O2. The number of hydrogen-bond donors (Lipinski definition) is 2. The Morgan fingerprint density at radius 1 is 1.64 bits per heavy atom. The van der Waals surface area contributed by atoms with Crippen molar-refractivity contribution in [2.45, 2.75) is 25.3 Å². The minimum absolute atomic E-state index is 0.153. The standard InChI is InChI=1S/C10H16N2O2/c11-9(7-14-10(12)13)6-8-4-2-1-3-5-8/h1-2,4,9H,3,5-7,11H2,(H2,12,13)/t9-/m0/s1. The molecule has 0 saturated carbocycles. The maximum absolute atomic E-state index is 10.3. The zero-order chi connectivity index (χ0) is 10.4. The second-order valence-electron chi connectivity index (χ2n) is 3.39. The highest BCUT2D eigenvalue weighted by atomic mass is 16.5. The van der Waals surface area contributed by atoms with Crippen molar-refractivity contribution in [2.75, 3.05) is 6.61 Å². The van der Waals surface area contributed by atoms with Gasteiger partial charge in [0.15, 0.2) is 0 Å². The Morgan fingerprint density at radius 3 is 3.00 bits per heavy atom. The Labute approximate surface area is 83.6 Å². The van der Waals surface area contributed by atoms with Crippen molar-refractivity contribution in [3.05, 3.63) is 23.8 Å². The minimum Gasteiger partial charge on any atom is -0.448 e. The largest absolute Gasteiger partial charge is 0.448 e. The van der Waals surface area contributed by atoms with Gasteiger partial charge >= 0.3 is 6.09 Å². The molecule has 1 atom stereocenters. The van der Waals surface area contributed by atoms with E-state index in [0.29, 0.717) is 0 Å². The number of nitrogens with two attached hydrogens (primary N) is 2. The van der Waals surface area contributed by atoms with Crippen molar-refractivity contribution in [3.8, 4) is 0 Å². The first kappa shape index (κ1) is 10.8. The smallest absolute Gasteiger partial charge is 0.404 e. The van der Waals surface area contributed by atoms with Gasteiger partial charge in [-0.05, 0) is 19.3 Å². The van der Waals surface area contributed by atoms with Crippen LogP contribution >= 0.6 is 0 Å². The van der Waals surface area contributed by atoms with Crippen molar-refractivity contribution in [2.24, 2.45) is 11.5 Å². The van der Waals surface area contributed by atoms with Gasteiger partial charge in [-0.3, -0.25) is 0 Å². The van der Waals surface area contributed by atoms with E-state index in [4.69, 9.17) is 11.5 Å². The van der Waals surface area contributed by atoms with E-state index >= 15 is 0 Å². The second-order valence-corrected chi connectivity index (χ2v) is 3.39. The topological polar surface area (TPSA) is 78.3 Å². The zero-order valence-corrected chi connectivity index (χ0v) is 8.11. The molecule has 0 bridgehead atoms. The molecule has 0 spiro atoms. The number of allylic oxidation sites excluding steroid dienone is 3. The van der Waals surface area contributed by atoms with Crippen molar-refractivity contribution in [3.63, 3.8) is 0 Å². The zero-order valence-electron chi connectivity index (χ0n) is 8.11. The van der Waals surface area contributed by atoms with Gasteiger partial charge in [-0.2, -0.15) is 0 Å².